The van der Waals surface area contributed by atoms with Crippen molar-refractivity contribution in [1.29, 1.82) is 0 Å². The highest BCUT2D eigenvalue weighted by molar-refractivity contribution is 7.92. The Balaban J connectivity index is 1.66. The second kappa shape index (κ2) is 8.91. The van der Waals surface area contributed by atoms with Crippen molar-refractivity contribution in [2.24, 2.45) is 0 Å². The number of sulfonamides is 1. The number of benzene rings is 2. The van der Waals surface area contributed by atoms with Gasteiger partial charge in [-0.3, -0.25) is 9.10 Å². The molecule has 2 aromatic rings. The summed E-state index contributed by atoms with van der Waals surface area (Å²) in [6.45, 7) is 8.10. The minimum absolute atomic E-state index is 0.0908. The Morgan fingerprint density at radius 3 is 2.61 bits per heavy atom. The molecule has 3 rings (SSSR count). The van der Waals surface area contributed by atoms with Crippen molar-refractivity contribution in [3.63, 3.8) is 0 Å². The maximum absolute atomic E-state index is 12.7. The summed E-state index contributed by atoms with van der Waals surface area (Å²) in [4.78, 5) is 12.7. The molecule has 0 unspecified atom stereocenters. The van der Waals surface area contributed by atoms with Gasteiger partial charge in [-0.15, -0.1) is 0 Å². The lowest BCUT2D eigenvalue weighted by atomic mass is 9.89. The summed E-state index contributed by atoms with van der Waals surface area (Å²) in [6.07, 6.45) is 2.56. The molecule has 7 heteroatoms. The maximum atomic E-state index is 12.7. The van der Waals surface area contributed by atoms with Gasteiger partial charge in [-0.2, -0.15) is 0 Å². The Labute approximate surface area is 185 Å². The molecular formula is C24H32N2O4S. The molecule has 1 aliphatic heterocycles. The highest BCUT2D eigenvalue weighted by atomic mass is 32.2. The zero-order valence-corrected chi connectivity index (χ0v) is 19.8. The molecule has 0 aliphatic carbocycles. The molecule has 31 heavy (non-hydrogen) atoms. The topological polar surface area (TPSA) is 75.7 Å². The summed E-state index contributed by atoms with van der Waals surface area (Å²) >= 11 is 0. The van der Waals surface area contributed by atoms with Crippen molar-refractivity contribution in [1.82, 2.24) is 5.32 Å². The predicted molar refractivity (Wildman–Crippen MR) is 124 cm³/mol. The predicted octanol–water partition coefficient (Wildman–Crippen LogP) is 4.27. The lowest BCUT2D eigenvalue weighted by molar-refractivity contribution is -0.122. The zero-order chi connectivity index (χ0) is 22.8. The average Bonchev–Trinajstić information content (AvgIpc) is 2.65. The van der Waals surface area contributed by atoms with Crippen LogP contribution in [0, 0.1) is 13.8 Å². The number of nitrogens with zero attached hydrogens (tertiary/aromatic N) is 1. The number of carbonyl (C=O) groups is 1. The fourth-order valence-corrected chi connectivity index (χ4v) is 5.05. The first-order valence-electron chi connectivity index (χ1n) is 10.6. The first-order valence-corrected chi connectivity index (χ1v) is 12.4. The van der Waals surface area contributed by atoms with Crippen LogP contribution < -0.4 is 14.4 Å². The van der Waals surface area contributed by atoms with E-state index in [2.05, 4.69) is 5.32 Å². The molecular weight excluding hydrogens is 412 g/mol. The van der Waals surface area contributed by atoms with Crippen LogP contribution in [0.15, 0.2) is 42.5 Å². The van der Waals surface area contributed by atoms with Gasteiger partial charge in [-0.05, 0) is 57.4 Å². The number of carbonyl (C=O) groups excluding carboxylic acids is 1. The van der Waals surface area contributed by atoms with Gasteiger partial charge in [-0.25, -0.2) is 8.42 Å². The lowest BCUT2D eigenvalue weighted by Crippen LogP contribution is -2.41. The van der Waals surface area contributed by atoms with E-state index in [1.807, 2.05) is 70.2 Å². The summed E-state index contributed by atoms with van der Waals surface area (Å²) in [7, 11) is -3.45. The van der Waals surface area contributed by atoms with E-state index in [4.69, 9.17) is 4.74 Å². The van der Waals surface area contributed by atoms with Crippen molar-refractivity contribution in [2.75, 3.05) is 17.1 Å². The number of fused-ring (bicyclic) bond motifs is 1. The van der Waals surface area contributed by atoms with E-state index in [0.29, 0.717) is 18.5 Å². The van der Waals surface area contributed by atoms with Gasteiger partial charge in [0.2, 0.25) is 15.9 Å². The van der Waals surface area contributed by atoms with E-state index in [1.54, 1.807) is 0 Å². The van der Waals surface area contributed by atoms with E-state index in [-0.39, 0.29) is 30.5 Å². The minimum Gasteiger partial charge on any atom is -0.487 e. The van der Waals surface area contributed by atoms with E-state index in [0.717, 1.165) is 22.4 Å². The molecule has 1 amide bonds. The lowest BCUT2D eigenvalue weighted by Gasteiger charge is -2.37. The summed E-state index contributed by atoms with van der Waals surface area (Å²) in [5.74, 6) is 0.703. The first kappa shape index (κ1) is 23.1. The van der Waals surface area contributed by atoms with Crippen LogP contribution in [0.3, 0.4) is 0 Å². The van der Waals surface area contributed by atoms with Crippen molar-refractivity contribution in [3.8, 4) is 5.75 Å². The first-order chi connectivity index (χ1) is 14.5. The van der Waals surface area contributed by atoms with Crippen LogP contribution in [0.5, 0.6) is 5.75 Å². The second-order valence-electron chi connectivity index (χ2n) is 8.95. The standard InChI is InChI=1S/C24H32N2O4S/c1-17-12-13-18(2)21(15-17)26(31(5,28)29)14-8-11-23(27)25-20-16-24(3,4)30-22-10-7-6-9-19(20)22/h6-7,9-10,12-13,15,20H,8,11,14,16H2,1-5H3,(H,25,27)/t20-/m0/s1. The van der Waals surface area contributed by atoms with E-state index in [9.17, 15) is 13.2 Å². The van der Waals surface area contributed by atoms with Gasteiger partial charge in [-0.1, -0.05) is 30.3 Å². The van der Waals surface area contributed by atoms with Crippen LogP contribution in [0.25, 0.3) is 0 Å². The quantitative estimate of drug-likeness (QED) is 0.692. The third-order valence-electron chi connectivity index (χ3n) is 5.51. The third kappa shape index (κ3) is 5.79. The minimum atomic E-state index is -3.45. The molecule has 0 radical (unpaired) electrons. The fourth-order valence-electron chi connectivity index (χ4n) is 4.03. The SMILES string of the molecule is Cc1ccc(C)c(N(CCCC(=O)N[C@H]2CC(C)(C)Oc3ccccc32)S(C)(=O)=O)c1. The smallest absolute Gasteiger partial charge is 0.232 e. The van der Waals surface area contributed by atoms with Gasteiger partial charge in [0, 0.05) is 24.9 Å². The molecule has 0 fully saturated rings. The van der Waals surface area contributed by atoms with E-state index in [1.165, 1.54) is 10.6 Å². The molecule has 0 saturated heterocycles. The van der Waals surface area contributed by atoms with Crippen LogP contribution in [0.4, 0.5) is 5.69 Å². The number of nitrogens with one attached hydrogen (secondary N) is 1. The number of aryl methyl sites for hydroxylation is 2. The molecule has 6 nitrogen and oxygen atoms in total. The summed E-state index contributed by atoms with van der Waals surface area (Å²) in [6, 6.07) is 13.4. The van der Waals surface area contributed by atoms with Crippen molar-refractivity contribution in [2.45, 2.75) is 58.6 Å². The van der Waals surface area contributed by atoms with Crippen molar-refractivity contribution >= 4 is 21.6 Å². The molecule has 0 spiro atoms. The van der Waals surface area contributed by atoms with E-state index < -0.39 is 10.0 Å². The van der Waals surface area contributed by atoms with Crippen molar-refractivity contribution in [3.05, 3.63) is 59.2 Å². The monoisotopic (exact) mass is 444 g/mol. The van der Waals surface area contributed by atoms with Crippen LogP contribution in [-0.2, 0) is 14.8 Å². The molecule has 1 heterocycles. The molecule has 1 atom stereocenters. The Morgan fingerprint density at radius 1 is 1.19 bits per heavy atom. The molecule has 168 valence electrons. The highest BCUT2D eigenvalue weighted by Gasteiger charge is 2.34. The van der Waals surface area contributed by atoms with Gasteiger partial charge >= 0.3 is 0 Å². The number of hydrogen-bond donors (Lipinski definition) is 1. The van der Waals surface area contributed by atoms with Gasteiger partial charge < -0.3 is 10.1 Å². The Hall–Kier alpha value is -2.54. The number of para-hydroxylation sites is 1. The summed E-state index contributed by atoms with van der Waals surface area (Å²) in [5, 5.41) is 3.12. The molecule has 2 aromatic carbocycles. The molecule has 0 saturated carbocycles. The Morgan fingerprint density at radius 2 is 1.90 bits per heavy atom. The van der Waals surface area contributed by atoms with Gasteiger partial charge in [0.25, 0.3) is 0 Å². The second-order valence-corrected chi connectivity index (χ2v) is 10.9. The van der Waals surface area contributed by atoms with Crippen molar-refractivity contribution < 1.29 is 17.9 Å². The Kier molecular flexibility index (Phi) is 6.65. The maximum Gasteiger partial charge on any atom is 0.232 e. The molecule has 1 aliphatic rings. The number of amides is 1. The Bertz CT molecular complexity index is 1060. The van der Waals surface area contributed by atoms with Crippen LogP contribution in [-0.4, -0.2) is 32.7 Å². The van der Waals surface area contributed by atoms with Crippen LogP contribution >= 0.6 is 0 Å². The highest BCUT2D eigenvalue weighted by Crippen LogP contribution is 2.39. The van der Waals surface area contributed by atoms with Gasteiger partial charge in [0.05, 0.1) is 18.0 Å². The number of anilines is 1. The molecule has 0 aromatic heterocycles. The fraction of sp³-hybridized carbons (Fsp3) is 0.458. The zero-order valence-electron chi connectivity index (χ0n) is 18.9. The third-order valence-corrected chi connectivity index (χ3v) is 6.69. The largest absolute Gasteiger partial charge is 0.487 e. The number of ether oxygens (including phenoxy) is 1. The molecule has 1 N–H and O–H groups in total. The number of rotatable bonds is 7. The van der Waals surface area contributed by atoms with Gasteiger partial charge in [0.15, 0.2) is 0 Å². The molecule has 0 bridgehead atoms. The number of hydrogen-bond acceptors (Lipinski definition) is 4. The van der Waals surface area contributed by atoms with Crippen LogP contribution in [0.1, 0.15) is 55.8 Å². The van der Waals surface area contributed by atoms with Gasteiger partial charge in [0.1, 0.15) is 11.4 Å². The van der Waals surface area contributed by atoms with Crippen LogP contribution in [0.2, 0.25) is 0 Å². The summed E-state index contributed by atoms with van der Waals surface area (Å²) in [5.41, 5.74) is 3.16. The summed E-state index contributed by atoms with van der Waals surface area (Å²) < 4.78 is 32.2. The normalized spacial score (nSPS) is 17.4. The average molecular weight is 445 g/mol. The van der Waals surface area contributed by atoms with E-state index >= 15 is 0 Å².